The van der Waals surface area contributed by atoms with Gasteiger partial charge in [-0.3, -0.25) is 4.90 Å². The molecule has 1 aromatic heterocycles. The van der Waals surface area contributed by atoms with E-state index in [1.165, 1.54) is 0 Å². The number of nitrogens with one attached hydrogen (secondary N) is 1. The lowest BCUT2D eigenvalue weighted by Gasteiger charge is -2.26. The molecule has 0 atom stereocenters. The van der Waals surface area contributed by atoms with Gasteiger partial charge in [-0.15, -0.1) is 0 Å². The zero-order valence-corrected chi connectivity index (χ0v) is 17.4. The van der Waals surface area contributed by atoms with Crippen molar-refractivity contribution in [3.63, 3.8) is 0 Å². The second kappa shape index (κ2) is 10.5. The van der Waals surface area contributed by atoms with Gasteiger partial charge in [-0.2, -0.15) is 10.2 Å². The smallest absolute Gasteiger partial charge is 0.232 e. The molecule has 0 spiro atoms. The number of ether oxygens (including phenoxy) is 4. The number of nitriles is 1. The molecule has 0 bridgehead atoms. The van der Waals surface area contributed by atoms with Crippen LogP contribution in [0.2, 0.25) is 0 Å². The van der Waals surface area contributed by atoms with Crippen LogP contribution in [0.4, 0.5) is 5.88 Å². The van der Waals surface area contributed by atoms with E-state index < -0.39 is 0 Å². The number of morpholine rings is 1. The Balaban J connectivity index is 1.69. The fourth-order valence-corrected chi connectivity index (χ4v) is 3.12. The first-order valence-corrected chi connectivity index (χ1v) is 9.61. The van der Waals surface area contributed by atoms with Gasteiger partial charge in [0.05, 0.1) is 34.5 Å². The van der Waals surface area contributed by atoms with Gasteiger partial charge in [-0.25, -0.2) is 0 Å². The molecule has 3 rings (SSSR count). The lowest BCUT2D eigenvalue weighted by molar-refractivity contribution is 0.0398. The number of aromatic nitrogens is 1. The first kappa shape index (κ1) is 21.5. The van der Waals surface area contributed by atoms with Crippen LogP contribution < -0.4 is 19.5 Å². The summed E-state index contributed by atoms with van der Waals surface area (Å²) in [5.41, 5.74) is 1.03. The molecule has 1 fully saturated rings. The zero-order valence-electron chi connectivity index (χ0n) is 17.4. The van der Waals surface area contributed by atoms with Gasteiger partial charge < -0.3 is 28.7 Å². The summed E-state index contributed by atoms with van der Waals surface area (Å²) >= 11 is 0. The molecular formula is C21H26N4O5. The highest BCUT2D eigenvalue weighted by atomic mass is 16.5. The summed E-state index contributed by atoms with van der Waals surface area (Å²) in [4.78, 5) is 6.53. The van der Waals surface area contributed by atoms with Crippen molar-refractivity contribution in [2.24, 2.45) is 0 Å². The van der Waals surface area contributed by atoms with E-state index in [0.29, 0.717) is 35.6 Å². The molecule has 2 heterocycles. The molecule has 9 heteroatoms. The Morgan fingerprint density at radius 3 is 2.43 bits per heavy atom. The van der Waals surface area contributed by atoms with Gasteiger partial charge in [0.25, 0.3) is 0 Å². The average Bonchev–Trinajstić information content (AvgIpc) is 3.19. The number of methoxy groups -OCH3 is 3. The fraction of sp³-hybridized carbons (Fsp3) is 0.429. The predicted molar refractivity (Wildman–Crippen MR) is 112 cm³/mol. The van der Waals surface area contributed by atoms with Crippen LogP contribution in [-0.2, 0) is 4.74 Å². The summed E-state index contributed by atoms with van der Waals surface area (Å²) in [5.74, 6) is 2.32. The minimum atomic E-state index is 0.224. The van der Waals surface area contributed by atoms with Gasteiger partial charge in [-0.1, -0.05) is 0 Å². The largest absolute Gasteiger partial charge is 0.493 e. The molecule has 0 unspecified atom stereocenters. The van der Waals surface area contributed by atoms with E-state index in [9.17, 15) is 5.26 Å². The Morgan fingerprint density at radius 1 is 1.13 bits per heavy atom. The summed E-state index contributed by atoms with van der Waals surface area (Å²) in [7, 11) is 4.68. The van der Waals surface area contributed by atoms with E-state index in [0.717, 1.165) is 38.4 Å². The molecule has 160 valence electrons. The van der Waals surface area contributed by atoms with Crippen molar-refractivity contribution in [3.8, 4) is 23.3 Å². The van der Waals surface area contributed by atoms with Crippen LogP contribution >= 0.6 is 0 Å². The Bertz CT molecular complexity index is 888. The molecule has 1 N–H and O–H groups in total. The number of oxazole rings is 1. The normalized spacial score (nSPS) is 14.5. The molecular weight excluding hydrogens is 388 g/mol. The Labute approximate surface area is 175 Å². The second-order valence-electron chi connectivity index (χ2n) is 6.51. The topological polar surface area (TPSA) is 102 Å². The third-order valence-electron chi connectivity index (χ3n) is 4.67. The van der Waals surface area contributed by atoms with Crippen LogP contribution in [0, 0.1) is 11.3 Å². The second-order valence-corrected chi connectivity index (χ2v) is 6.51. The third kappa shape index (κ3) is 5.23. The highest BCUT2D eigenvalue weighted by Crippen LogP contribution is 2.38. The maximum absolute atomic E-state index is 9.35. The van der Waals surface area contributed by atoms with E-state index in [1.807, 2.05) is 12.1 Å². The van der Waals surface area contributed by atoms with Crippen LogP contribution in [0.25, 0.3) is 12.2 Å². The van der Waals surface area contributed by atoms with Crippen molar-refractivity contribution in [1.82, 2.24) is 9.88 Å². The van der Waals surface area contributed by atoms with Crippen LogP contribution in [-0.4, -0.2) is 70.6 Å². The van der Waals surface area contributed by atoms with Gasteiger partial charge in [0.1, 0.15) is 6.07 Å². The number of hydrogen-bond acceptors (Lipinski definition) is 9. The molecule has 1 aliphatic rings. The SMILES string of the molecule is COc1cc(C=Cc2nc(C#N)c(NCCN3CCOCC3)o2)cc(OC)c1OC. The van der Waals surface area contributed by atoms with Crippen molar-refractivity contribution in [1.29, 1.82) is 5.26 Å². The standard InChI is InChI=1S/C21H26N4O5/c1-26-17-12-15(13-18(27-2)20(17)28-3)4-5-19-24-16(14-22)21(30-19)23-6-7-25-8-10-29-11-9-25/h4-5,12-13,23H,6-11H2,1-3H3. The number of benzene rings is 1. The molecule has 1 aromatic carbocycles. The Morgan fingerprint density at radius 2 is 1.83 bits per heavy atom. The minimum absolute atomic E-state index is 0.224. The molecule has 0 radical (unpaired) electrons. The van der Waals surface area contributed by atoms with Crippen molar-refractivity contribution in [2.45, 2.75) is 0 Å². The number of rotatable bonds is 9. The molecule has 0 saturated carbocycles. The molecule has 1 aliphatic heterocycles. The Kier molecular flexibility index (Phi) is 7.54. The van der Waals surface area contributed by atoms with E-state index in [4.69, 9.17) is 23.4 Å². The lowest BCUT2D eigenvalue weighted by atomic mass is 10.1. The van der Waals surface area contributed by atoms with Gasteiger partial charge in [0.15, 0.2) is 11.5 Å². The maximum atomic E-state index is 9.35. The number of hydrogen-bond donors (Lipinski definition) is 1. The highest BCUT2D eigenvalue weighted by Gasteiger charge is 2.14. The van der Waals surface area contributed by atoms with Crippen LogP contribution in [0.15, 0.2) is 16.5 Å². The summed E-state index contributed by atoms with van der Waals surface area (Å²) < 4.78 is 27.1. The minimum Gasteiger partial charge on any atom is -0.493 e. The van der Waals surface area contributed by atoms with E-state index in [2.05, 4.69) is 21.3 Å². The van der Waals surface area contributed by atoms with Crippen LogP contribution in [0.5, 0.6) is 17.2 Å². The molecule has 2 aromatic rings. The summed E-state index contributed by atoms with van der Waals surface area (Å²) in [6.45, 7) is 4.81. The molecule has 0 amide bonds. The van der Waals surface area contributed by atoms with E-state index in [1.54, 1.807) is 33.5 Å². The van der Waals surface area contributed by atoms with Gasteiger partial charge in [0.2, 0.25) is 23.2 Å². The van der Waals surface area contributed by atoms with Crippen molar-refractivity contribution in [2.75, 3.05) is 66.0 Å². The van der Waals surface area contributed by atoms with E-state index in [-0.39, 0.29) is 5.69 Å². The average molecular weight is 414 g/mol. The van der Waals surface area contributed by atoms with Crippen molar-refractivity contribution < 1.29 is 23.4 Å². The first-order valence-electron chi connectivity index (χ1n) is 9.61. The van der Waals surface area contributed by atoms with Gasteiger partial charge >= 0.3 is 0 Å². The summed E-state index contributed by atoms with van der Waals surface area (Å²) in [6, 6.07) is 5.69. The fourth-order valence-electron chi connectivity index (χ4n) is 3.12. The van der Waals surface area contributed by atoms with Crippen LogP contribution in [0.3, 0.4) is 0 Å². The van der Waals surface area contributed by atoms with Crippen molar-refractivity contribution in [3.05, 3.63) is 29.3 Å². The predicted octanol–water partition coefficient (Wildman–Crippen LogP) is 2.49. The van der Waals surface area contributed by atoms with E-state index >= 15 is 0 Å². The quantitative estimate of drug-likeness (QED) is 0.663. The monoisotopic (exact) mass is 414 g/mol. The first-order chi connectivity index (χ1) is 14.7. The summed E-state index contributed by atoms with van der Waals surface area (Å²) in [5, 5.41) is 12.5. The zero-order chi connectivity index (χ0) is 21.3. The summed E-state index contributed by atoms with van der Waals surface area (Å²) in [6.07, 6.45) is 3.49. The Hall–Kier alpha value is -3.22. The van der Waals surface area contributed by atoms with Gasteiger partial charge in [0, 0.05) is 32.3 Å². The lowest BCUT2D eigenvalue weighted by Crippen LogP contribution is -2.39. The maximum Gasteiger partial charge on any atom is 0.232 e. The highest BCUT2D eigenvalue weighted by molar-refractivity contribution is 5.71. The van der Waals surface area contributed by atoms with Crippen LogP contribution in [0.1, 0.15) is 17.1 Å². The molecule has 30 heavy (non-hydrogen) atoms. The van der Waals surface area contributed by atoms with Crippen molar-refractivity contribution >= 4 is 18.0 Å². The molecule has 0 aliphatic carbocycles. The third-order valence-corrected chi connectivity index (χ3v) is 4.67. The van der Waals surface area contributed by atoms with Gasteiger partial charge in [-0.05, 0) is 23.8 Å². The number of anilines is 1. The molecule has 9 nitrogen and oxygen atoms in total. The molecule has 1 saturated heterocycles. The number of nitrogens with zero attached hydrogens (tertiary/aromatic N) is 3.